The van der Waals surface area contributed by atoms with Crippen molar-refractivity contribution in [1.82, 2.24) is 0 Å². The molecule has 0 unspecified atom stereocenters. The van der Waals surface area contributed by atoms with Crippen molar-refractivity contribution in [3.05, 3.63) is 29.8 Å². The van der Waals surface area contributed by atoms with Crippen molar-refractivity contribution in [2.24, 2.45) is 5.92 Å². The van der Waals surface area contributed by atoms with Crippen LogP contribution in [0.15, 0.2) is 24.3 Å². The summed E-state index contributed by atoms with van der Waals surface area (Å²) in [6, 6.07) is 9.81. The minimum absolute atomic E-state index is 0.164. The number of hydrogen-bond acceptors (Lipinski definition) is 3. The maximum Gasteiger partial charge on any atom is 0.136 e. The van der Waals surface area contributed by atoms with Crippen molar-refractivity contribution in [3.8, 4) is 11.8 Å². The predicted molar refractivity (Wildman–Crippen MR) is 68.3 cm³/mol. The number of ether oxygens (including phenoxy) is 1. The SMILES string of the molecule is CC(C)COc1ccc(C2(C#N)CC(=O)C2)cc1. The van der Waals surface area contributed by atoms with E-state index in [1.807, 2.05) is 24.3 Å². The van der Waals surface area contributed by atoms with E-state index in [1.165, 1.54) is 0 Å². The van der Waals surface area contributed by atoms with E-state index in [0.717, 1.165) is 11.3 Å². The van der Waals surface area contributed by atoms with Crippen LogP contribution in [0.4, 0.5) is 0 Å². The first-order valence-corrected chi connectivity index (χ1v) is 6.22. The number of hydrogen-bond donors (Lipinski definition) is 0. The first-order chi connectivity index (χ1) is 8.55. The van der Waals surface area contributed by atoms with Crippen LogP contribution < -0.4 is 4.74 Å². The molecule has 1 saturated carbocycles. The Kier molecular flexibility index (Phi) is 3.38. The number of rotatable bonds is 4. The highest BCUT2D eigenvalue weighted by Crippen LogP contribution is 2.41. The van der Waals surface area contributed by atoms with E-state index >= 15 is 0 Å². The topological polar surface area (TPSA) is 50.1 Å². The largest absolute Gasteiger partial charge is 0.493 e. The summed E-state index contributed by atoms with van der Waals surface area (Å²) in [7, 11) is 0. The molecule has 94 valence electrons. The molecule has 0 N–H and O–H groups in total. The molecule has 3 nitrogen and oxygen atoms in total. The van der Waals surface area contributed by atoms with Gasteiger partial charge in [-0.15, -0.1) is 0 Å². The number of carbonyl (C=O) groups is 1. The van der Waals surface area contributed by atoms with Crippen LogP contribution >= 0.6 is 0 Å². The summed E-state index contributed by atoms with van der Waals surface area (Å²) in [6.45, 7) is 4.87. The smallest absolute Gasteiger partial charge is 0.136 e. The third-order valence-corrected chi connectivity index (χ3v) is 3.20. The lowest BCUT2D eigenvalue weighted by molar-refractivity contribution is -0.126. The van der Waals surface area contributed by atoms with Crippen LogP contribution in [-0.4, -0.2) is 12.4 Å². The van der Waals surface area contributed by atoms with Gasteiger partial charge in [0.25, 0.3) is 0 Å². The average Bonchev–Trinajstić information content (AvgIpc) is 2.33. The summed E-state index contributed by atoms with van der Waals surface area (Å²) < 4.78 is 5.59. The molecular weight excluding hydrogens is 226 g/mol. The zero-order valence-electron chi connectivity index (χ0n) is 10.8. The fraction of sp³-hybridized carbons (Fsp3) is 0.467. The van der Waals surface area contributed by atoms with E-state index in [0.29, 0.717) is 25.4 Å². The lowest BCUT2D eigenvalue weighted by Crippen LogP contribution is -2.40. The zero-order chi connectivity index (χ0) is 13.2. The summed E-state index contributed by atoms with van der Waals surface area (Å²) in [5.41, 5.74) is 0.328. The van der Waals surface area contributed by atoms with Gasteiger partial charge in [-0.1, -0.05) is 26.0 Å². The molecule has 18 heavy (non-hydrogen) atoms. The van der Waals surface area contributed by atoms with Crippen molar-refractivity contribution in [1.29, 1.82) is 5.26 Å². The van der Waals surface area contributed by atoms with Gasteiger partial charge in [0, 0.05) is 12.8 Å². The highest BCUT2D eigenvalue weighted by molar-refractivity contribution is 5.90. The fourth-order valence-corrected chi connectivity index (χ4v) is 2.10. The molecule has 0 heterocycles. The quantitative estimate of drug-likeness (QED) is 0.817. The predicted octanol–water partition coefficient (Wildman–Crippen LogP) is 2.85. The van der Waals surface area contributed by atoms with Crippen molar-refractivity contribution in [2.45, 2.75) is 32.1 Å². The number of nitrogens with zero attached hydrogens (tertiary/aromatic N) is 1. The van der Waals surface area contributed by atoms with Gasteiger partial charge in [-0.05, 0) is 23.6 Å². The van der Waals surface area contributed by atoms with Gasteiger partial charge in [-0.25, -0.2) is 0 Å². The van der Waals surface area contributed by atoms with Crippen LogP contribution in [0, 0.1) is 17.2 Å². The second kappa shape index (κ2) is 4.81. The molecule has 2 rings (SSSR count). The van der Waals surface area contributed by atoms with E-state index in [-0.39, 0.29) is 5.78 Å². The van der Waals surface area contributed by atoms with E-state index in [1.54, 1.807) is 0 Å². The van der Waals surface area contributed by atoms with Crippen molar-refractivity contribution >= 4 is 5.78 Å². The van der Waals surface area contributed by atoms with Gasteiger partial charge in [0.15, 0.2) is 0 Å². The molecule has 0 bridgehead atoms. The van der Waals surface area contributed by atoms with Gasteiger partial charge in [0.2, 0.25) is 0 Å². The lowest BCUT2D eigenvalue weighted by atomic mass is 9.65. The maximum atomic E-state index is 11.1. The van der Waals surface area contributed by atoms with Gasteiger partial charge < -0.3 is 4.74 Å². The molecular formula is C15H17NO2. The highest BCUT2D eigenvalue weighted by atomic mass is 16.5. The number of nitriles is 1. The van der Waals surface area contributed by atoms with Gasteiger partial charge in [-0.2, -0.15) is 5.26 Å². The van der Waals surface area contributed by atoms with Crippen LogP contribution in [0.3, 0.4) is 0 Å². The Morgan fingerprint density at radius 2 is 1.94 bits per heavy atom. The van der Waals surface area contributed by atoms with Crippen LogP contribution in [0.2, 0.25) is 0 Å². The highest BCUT2D eigenvalue weighted by Gasteiger charge is 2.45. The summed E-state index contributed by atoms with van der Waals surface area (Å²) in [5.74, 6) is 1.46. The number of carbonyl (C=O) groups excluding carboxylic acids is 1. The number of Topliss-reactive ketones (excluding diaryl/α,β-unsaturated/α-hetero) is 1. The molecule has 0 aliphatic heterocycles. The number of ketones is 1. The summed E-state index contributed by atoms with van der Waals surface area (Å²) >= 11 is 0. The molecule has 1 aliphatic carbocycles. The van der Waals surface area contributed by atoms with Gasteiger partial charge >= 0.3 is 0 Å². The summed E-state index contributed by atoms with van der Waals surface area (Å²) in [6.07, 6.45) is 0.686. The van der Waals surface area contributed by atoms with Crippen LogP contribution in [0.25, 0.3) is 0 Å². The normalized spacial score (nSPS) is 17.1. The molecule has 0 spiro atoms. The monoisotopic (exact) mass is 243 g/mol. The average molecular weight is 243 g/mol. The van der Waals surface area contributed by atoms with Crippen LogP contribution in [-0.2, 0) is 10.2 Å². The molecule has 0 saturated heterocycles. The third-order valence-electron chi connectivity index (χ3n) is 3.20. The first kappa shape index (κ1) is 12.6. The molecule has 1 aromatic carbocycles. The molecule has 1 fully saturated rings. The zero-order valence-corrected chi connectivity index (χ0v) is 10.8. The Bertz CT molecular complexity index is 474. The lowest BCUT2D eigenvalue weighted by Gasteiger charge is -2.34. The molecule has 1 aliphatic rings. The van der Waals surface area contributed by atoms with E-state index < -0.39 is 5.41 Å². The Labute approximate surface area is 107 Å². The molecule has 3 heteroatoms. The van der Waals surface area contributed by atoms with Gasteiger partial charge in [0.05, 0.1) is 18.1 Å². The van der Waals surface area contributed by atoms with Crippen molar-refractivity contribution in [2.75, 3.05) is 6.61 Å². The first-order valence-electron chi connectivity index (χ1n) is 6.22. The van der Waals surface area contributed by atoms with Gasteiger partial charge in [-0.3, -0.25) is 4.79 Å². The number of benzene rings is 1. The molecule has 1 aromatic rings. The van der Waals surface area contributed by atoms with Gasteiger partial charge in [0.1, 0.15) is 11.5 Å². The second-order valence-corrected chi connectivity index (χ2v) is 5.32. The minimum atomic E-state index is -0.590. The maximum absolute atomic E-state index is 11.1. The van der Waals surface area contributed by atoms with E-state index in [4.69, 9.17) is 4.74 Å². The Morgan fingerprint density at radius 1 is 1.33 bits per heavy atom. The third kappa shape index (κ3) is 2.38. The standard InChI is InChI=1S/C15H17NO2/c1-11(2)9-18-14-5-3-12(4-6-14)15(10-16)7-13(17)8-15/h3-6,11H,7-9H2,1-2H3. The molecule has 0 atom stereocenters. The minimum Gasteiger partial charge on any atom is -0.493 e. The molecule has 0 aromatic heterocycles. The Balaban J connectivity index is 2.08. The van der Waals surface area contributed by atoms with E-state index in [2.05, 4.69) is 19.9 Å². The molecule has 0 amide bonds. The fourth-order valence-electron chi connectivity index (χ4n) is 2.10. The summed E-state index contributed by atoms with van der Waals surface area (Å²) in [5, 5.41) is 9.22. The second-order valence-electron chi connectivity index (χ2n) is 5.32. The summed E-state index contributed by atoms with van der Waals surface area (Å²) in [4.78, 5) is 11.1. The van der Waals surface area contributed by atoms with Crippen molar-refractivity contribution in [3.63, 3.8) is 0 Å². The Morgan fingerprint density at radius 3 is 2.39 bits per heavy atom. The van der Waals surface area contributed by atoms with Crippen LogP contribution in [0.1, 0.15) is 32.3 Å². The molecule has 0 radical (unpaired) electrons. The van der Waals surface area contributed by atoms with Crippen LogP contribution in [0.5, 0.6) is 5.75 Å². The van der Waals surface area contributed by atoms with Crippen molar-refractivity contribution < 1.29 is 9.53 Å². The van der Waals surface area contributed by atoms with E-state index in [9.17, 15) is 10.1 Å². The Hall–Kier alpha value is -1.82.